The van der Waals surface area contributed by atoms with Crippen molar-refractivity contribution in [1.82, 2.24) is 15.1 Å². The monoisotopic (exact) mass is 477 g/mol. The number of carbonyl (C=O) groups excluding carboxylic acids is 1. The van der Waals surface area contributed by atoms with Crippen LogP contribution in [0.3, 0.4) is 0 Å². The maximum Gasteiger partial charge on any atom is 0.416 e. The molecule has 11 heteroatoms. The number of aryl methyl sites for hydroxylation is 1. The summed E-state index contributed by atoms with van der Waals surface area (Å²) >= 11 is 0. The summed E-state index contributed by atoms with van der Waals surface area (Å²) in [5.41, 5.74) is -1.15. The van der Waals surface area contributed by atoms with E-state index in [0.717, 1.165) is 22.9 Å². The molecular weight excluding hydrogens is 455 g/mol. The first-order valence-corrected chi connectivity index (χ1v) is 9.94. The summed E-state index contributed by atoms with van der Waals surface area (Å²) in [5.74, 6) is 0.449. The van der Waals surface area contributed by atoms with Gasteiger partial charge in [0.15, 0.2) is 17.2 Å². The van der Waals surface area contributed by atoms with Crippen molar-refractivity contribution >= 4 is 5.91 Å². The summed E-state index contributed by atoms with van der Waals surface area (Å²) in [5, 5.41) is 6.61. The van der Waals surface area contributed by atoms with E-state index in [1.54, 1.807) is 12.1 Å². The molecule has 3 aromatic rings. The van der Waals surface area contributed by atoms with Crippen LogP contribution in [0.25, 0.3) is 5.69 Å². The van der Waals surface area contributed by atoms with Crippen LogP contribution in [0, 0.1) is 6.92 Å². The fraction of sp³-hybridized carbons (Fsp3) is 0.261. The lowest BCUT2D eigenvalue weighted by Crippen LogP contribution is -2.31. The second-order valence-corrected chi connectivity index (χ2v) is 7.16. The standard InChI is InChI=1S/C23H22F3N3O5/c1-13-8-17(30)21(28-29(13)16-7-5-6-15(10-16)23(24,25)26)22(31)27-12-14-9-19(33-3)20(34-4)11-18(14)32-2/h5-11H,12H2,1-4H3,(H,27,31). The van der Waals surface area contributed by atoms with Gasteiger partial charge >= 0.3 is 6.18 Å². The Labute approximate surface area is 192 Å². The van der Waals surface area contributed by atoms with Crippen LogP contribution >= 0.6 is 0 Å². The predicted octanol–water partition coefficient (Wildman–Crippen LogP) is 3.52. The van der Waals surface area contributed by atoms with Gasteiger partial charge in [0.05, 0.1) is 32.6 Å². The Balaban J connectivity index is 1.92. The highest BCUT2D eigenvalue weighted by Gasteiger charge is 2.30. The number of nitrogens with zero attached hydrogens (tertiary/aromatic N) is 2. The van der Waals surface area contributed by atoms with Crippen molar-refractivity contribution in [2.24, 2.45) is 0 Å². The first kappa shape index (κ1) is 24.6. The van der Waals surface area contributed by atoms with Gasteiger partial charge in [0.25, 0.3) is 5.91 Å². The molecule has 0 saturated heterocycles. The molecule has 180 valence electrons. The molecule has 1 N–H and O–H groups in total. The van der Waals surface area contributed by atoms with Gasteiger partial charge in [-0.1, -0.05) is 6.07 Å². The van der Waals surface area contributed by atoms with Gasteiger partial charge in [0, 0.05) is 29.9 Å². The molecule has 0 saturated carbocycles. The molecule has 0 bridgehead atoms. The van der Waals surface area contributed by atoms with Crippen LogP contribution in [-0.4, -0.2) is 37.0 Å². The molecule has 3 rings (SSSR count). The second-order valence-electron chi connectivity index (χ2n) is 7.16. The Morgan fingerprint density at radius 3 is 2.26 bits per heavy atom. The molecule has 1 amide bonds. The molecule has 8 nitrogen and oxygen atoms in total. The number of ether oxygens (including phenoxy) is 3. The lowest BCUT2D eigenvalue weighted by Gasteiger charge is -2.15. The van der Waals surface area contributed by atoms with Gasteiger partial charge in [-0.25, -0.2) is 4.68 Å². The van der Waals surface area contributed by atoms with Crippen molar-refractivity contribution in [1.29, 1.82) is 0 Å². The minimum Gasteiger partial charge on any atom is -0.496 e. The zero-order valence-electron chi connectivity index (χ0n) is 18.8. The molecule has 0 aliphatic carbocycles. The number of methoxy groups -OCH3 is 3. The van der Waals surface area contributed by atoms with Crippen molar-refractivity contribution in [3.05, 3.63) is 75.2 Å². The topological polar surface area (TPSA) is 91.7 Å². The largest absolute Gasteiger partial charge is 0.496 e. The Morgan fingerprint density at radius 1 is 1.00 bits per heavy atom. The molecule has 1 heterocycles. The maximum atomic E-state index is 13.1. The first-order chi connectivity index (χ1) is 16.1. The van der Waals surface area contributed by atoms with Crippen LogP contribution in [-0.2, 0) is 12.7 Å². The molecule has 0 spiro atoms. The molecule has 0 fully saturated rings. The molecule has 1 aromatic heterocycles. The number of hydrogen-bond donors (Lipinski definition) is 1. The lowest BCUT2D eigenvalue weighted by atomic mass is 10.1. The van der Waals surface area contributed by atoms with Crippen molar-refractivity contribution in [2.75, 3.05) is 21.3 Å². The third-order valence-electron chi connectivity index (χ3n) is 4.97. The molecule has 0 radical (unpaired) electrons. The van der Waals surface area contributed by atoms with Crippen LogP contribution in [0.1, 0.15) is 27.3 Å². The Bertz CT molecular complexity index is 1270. The number of hydrogen-bond acceptors (Lipinski definition) is 6. The van der Waals surface area contributed by atoms with Crippen LogP contribution in [0.4, 0.5) is 13.2 Å². The van der Waals surface area contributed by atoms with E-state index < -0.39 is 28.8 Å². The van der Waals surface area contributed by atoms with Gasteiger partial charge in [-0.15, -0.1) is 0 Å². The highest BCUT2D eigenvalue weighted by molar-refractivity contribution is 5.92. The minimum absolute atomic E-state index is 0.0408. The number of carbonyl (C=O) groups is 1. The summed E-state index contributed by atoms with van der Waals surface area (Å²) in [6, 6.07) is 8.77. The minimum atomic E-state index is -4.55. The number of alkyl halides is 3. The van der Waals surface area contributed by atoms with Crippen LogP contribution in [0.15, 0.2) is 47.3 Å². The smallest absolute Gasteiger partial charge is 0.416 e. The van der Waals surface area contributed by atoms with Gasteiger partial charge in [-0.3, -0.25) is 9.59 Å². The number of benzene rings is 2. The van der Waals surface area contributed by atoms with Crippen molar-refractivity contribution in [3.8, 4) is 22.9 Å². The van der Waals surface area contributed by atoms with E-state index >= 15 is 0 Å². The van der Waals surface area contributed by atoms with Crippen molar-refractivity contribution in [3.63, 3.8) is 0 Å². The molecule has 2 aromatic carbocycles. The molecule has 0 aliphatic heterocycles. The fourth-order valence-corrected chi connectivity index (χ4v) is 3.27. The molecule has 0 aliphatic rings. The summed E-state index contributed by atoms with van der Waals surface area (Å²) in [7, 11) is 4.37. The lowest BCUT2D eigenvalue weighted by molar-refractivity contribution is -0.137. The second kappa shape index (κ2) is 9.86. The van der Waals surface area contributed by atoms with Gasteiger partial charge < -0.3 is 19.5 Å². The highest BCUT2D eigenvalue weighted by atomic mass is 19.4. The zero-order chi connectivity index (χ0) is 25.0. The quantitative estimate of drug-likeness (QED) is 0.560. The summed E-state index contributed by atoms with van der Waals surface area (Å²) in [6.07, 6.45) is -4.55. The summed E-state index contributed by atoms with van der Waals surface area (Å²) in [4.78, 5) is 25.2. The summed E-state index contributed by atoms with van der Waals surface area (Å²) in [6.45, 7) is 1.46. The molecule has 0 atom stereocenters. The van der Waals surface area contributed by atoms with E-state index in [2.05, 4.69) is 10.4 Å². The van der Waals surface area contributed by atoms with E-state index in [1.807, 2.05) is 0 Å². The Hall–Kier alpha value is -4.02. The van der Waals surface area contributed by atoms with E-state index in [4.69, 9.17) is 14.2 Å². The number of nitrogens with one attached hydrogen (secondary N) is 1. The van der Waals surface area contributed by atoms with E-state index in [0.29, 0.717) is 22.8 Å². The third-order valence-corrected chi connectivity index (χ3v) is 4.97. The Kier molecular flexibility index (Phi) is 7.14. The molecule has 0 unspecified atom stereocenters. The number of aromatic nitrogens is 2. The number of amides is 1. The summed E-state index contributed by atoms with van der Waals surface area (Å²) < 4.78 is 56.2. The maximum absolute atomic E-state index is 13.1. The predicted molar refractivity (Wildman–Crippen MR) is 117 cm³/mol. The van der Waals surface area contributed by atoms with Gasteiger partial charge in [-0.2, -0.15) is 18.3 Å². The third kappa shape index (κ3) is 5.13. The van der Waals surface area contributed by atoms with Crippen LogP contribution in [0.2, 0.25) is 0 Å². The average molecular weight is 477 g/mol. The van der Waals surface area contributed by atoms with Crippen molar-refractivity contribution in [2.45, 2.75) is 19.6 Å². The Morgan fingerprint density at radius 2 is 1.65 bits per heavy atom. The van der Waals surface area contributed by atoms with Crippen LogP contribution < -0.4 is 25.0 Å². The SMILES string of the molecule is COc1cc(OC)c(OC)cc1CNC(=O)c1nn(-c2cccc(C(F)(F)F)c2)c(C)cc1=O. The van der Waals surface area contributed by atoms with Gasteiger partial charge in [0.2, 0.25) is 5.43 Å². The van der Waals surface area contributed by atoms with Crippen molar-refractivity contribution < 1.29 is 32.2 Å². The van der Waals surface area contributed by atoms with Gasteiger partial charge in [-0.05, 0) is 31.2 Å². The van der Waals surface area contributed by atoms with Gasteiger partial charge in [0.1, 0.15) is 5.75 Å². The fourth-order valence-electron chi connectivity index (χ4n) is 3.27. The molecular formula is C23H22F3N3O5. The average Bonchev–Trinajstić information content (AvgIpc) is 2.81. The van der Waals surface area contributed by atoms with E-state index in [-0.39, 0.29) is 17.9 Å². The highest BCUT2D eigenvalue weighted by Crippen LogP contribution is 2.34. The number of halogens is 3. The normalized spacial score (nSPS) is 11.1. The van der Waals surface area contributed by atoms with E-state index in [9.17, 15) is 22.8 Å². The van der Waals surface area contributed by atoms with E-state index in [1.165, 1.54) is 40.4 Å². The first-order valence-electron chi connectivity index (χ1n) is 9.94. The number of rotatable bonds is 7. The molecule has 34 heavy (non-hydrogen) atoms. The zero-order valence-corrected chi connectivity index (χ0v) is 18.8. The van der Waals surface area contributed by atoms with Crippen LogP contribution in [0.5, 0.6) is 17.2 Å².